The second-order valence-electron chi connectivity index (χ2n) is 6.68. The molecule has 0 atom stereocenters. The van der Waals surface area contributed by atoms with Gasteiger partial charge in [0.15, 0.2) is 11.5 Å². The van der Waals surface area contributed by atoms with Crippen molar-refractivity contribution in [3.05, 3.63) is 17.7 Å². The first-order valence-corrected chi connectivity index (χ1v) is 10.9. The molecule has 1 aromatic carbocycles. The van der Waals surface area contributed by atoms with Crippen molar-refractivity contribution < 1.29 is 33.3 Å². The number of benzene rings is 1. The standard InChI is InChI=1S/C22H35N3O7/c1-5-30-17-14-16(15-18(31-6-2)20(17)32-7-3)21(27)24-25-22(28)23-13-11-9-8-10-12-19(26)29-4/h14-15H,5-13H2,1-4H3,(H,24,27)(H2,23,25,28). The van der Waals surface area contributed by atoms with Crippen LogP contribution in [0.5, 0.6) is 17.2 Å². The highest BCUT2D eigenvalue weighted by Crippen LogP contribution is 2.39. The Balaban J connectivity index is 2.52. The van der Waals surface area contributed by atoms with E-state index in [4.69, 9.17) is 14.2 Å². The molecule has 1 aromatic rings. The summed E-state index contributed by atoms with van der Waals surface area (Å²) in [6.45, 7) is 7.14. The Bertz CT molecular complexity index is 713. The third-order valence-corrected chi connectivity index (χ3v) is 4.28. The molecule has 32 heavy (non-hydrogen) atoms. The van der Waals surface area contributed by atoms with E-state index in [1.807, 2.05) is 20.8 Å². The average molecular weight is 454 g/mol. The Morgan fingerprint density at radius 1 is 0.812 bits per heavy atom. The largest absolute Gasteiger partial charge is 0.490 e. The van der Waals surface area contributed by atoms with Gasteiger partial charge in [0, 0.05) is 18.5 Å². The first-order chi connectivity index (χ1) is 15.5. The summed E-state index contributed by atoms with van der Waals surface area (Å²) in [6, 6.07) is 2.56. The molecule has 3 amide bonds. The summed E-state index contributed by atoms with van der Waals surface area (Å²) in [5, 5.41) is 2.66. The van der Waals surface area contributed by atoms with Crippen molar-refractivity contribution in [2.24, 2.45) is 0 Å². The van der Waals surface area contributed by atoms with Crippen LogP contribution < -0.4 is 30.4 Å². The van der Waals surface area contributed by atoms with E-state index in [-0.39, 0.29) is 11.5 Å². The molecule has 0 aromatic heterocycles. The zero-order valence-corrected chi connectivity index (χ0v) is 19.4. The van der Waals surface area contributed by atoms with Gasteiger partial charge in [0.05, 0.1) is 26.9 Å². The molecule has 3 N–H and O–H groups in total. The molecule has 0 heterocycles. The fraction of sp³-hybridized carbons (Fsp3) is 0.591. The normalized spacial score (nSPS) is 10.1. The van der Waals surface area contributed by atoms with Gasteiger partial charge in [-0.05, 0) is 45.7 Å². The van der Waals surface area contributed by atoms with E-state index in [1.165, 1.54) is 7.11 Å². The van der Waals surface area contributed by atoms with E-state index < -0.39 is 11.9 Å². The number of hydrogen-bond donors (Lipinski definition) is 3. The van der Waals surface area contributed by atoms with E-state index in [2.05, 4.69) is 20.9 Å². The van der Waals surface area contributed by atoms with E-state index in [1.54, 1.807) is 12.1 Å². The van der Waals surface area contributed by atoms with Crippen molar-refractivity contribution in [2.45, 2.75) is 52.9 Å². The number of ether oxygens (including phenoxy) is 4. The van der Waals surface area contributed by atoms with Crippen molar-refractivity contribution in [3.63, 3.8) is 0 Å². The van der Waals surface area contributed by atoms with Crippen LogP contribution in [0.4, 0.5) is 4.79 Å². The van der Waals surface area contributed by atoms with Gasteiger partial charge < -0.3 is 24.3 Å². The van der Waals surface area contributed by atoms with Crippen LogP contribution >= 0.6 is 0 Å². The molecule has 1 rings (SSSR count). The van der Waals surface area contributed by atoms with Gasteiger partial charge in [-0.15, -0.1) is 0 Å². The lowest BCUT2D eigenvalue weighted by Crippen LogP contribution is -2.47. The molecular formula is C22H35N3O7. The van der Waals surface area contributed by atoms with E-state index in [0.29, 0.717) is 50.0 Å². The lowest BCUT2D eigenvalue weighted by atomic mass is 10.1. The second kappa shape index (κ2) is 15.6. The van der Waals surface area contributed by atoms with E-state index in [0.717, 1.165) is 25.7 Å². The topological polar surface area (TPSA) is 124 Å². The maximum absolute atomic E-state index is 12.5. The zero-order chi connectivity index (χ0) is 23.8. The molecular weight excluding hydrogens is 418 g/mol. The van der Waals surface area contributed by atoms with Gasteiger partial charge in [0.2, 0.25) is 5.75 Å². The molecule has 180 valence electrons. The van der Waals surface area contributed by atoms with Crippen LogP contribution in [-0.4, -0.2) is 51.4 Å². The van der Waals surface area contributed by atoms with Crippen LogP contribution in [0, 0.1) is 0 Å². The molecule has 0 saturated carbocycles. The SMILES string of the molecule is CCOc1cc(C(=O)NNC(=O)NCCCCCCC(=O)OC)cc(OCC)c1OCC. The number of carbonyl (C=O) groups excluding carboxylic acids is 3. The minimum Gasteiger partial charge on any atom is -0.490 e. The Morgan fingerprint density at radius 2 is 1.41 bits per heavy atom. The van der Waals surface area contributed by atoms with Crippen LogP contribution in [0.15, 0.2) is 12.1 Å². The van der Waals surface area contributed by atoms with Crippen molar-refractivity contribution in [2.75, 3.05) is 33.5 Å². The summed E-state index contributed by atoms with van der Waals surface area (Å²) in [6.07, 6.45) is 3.66. The van der Waals surface area contributed by atoms with Crippen molar-refractivity contribution >= 4 is 17.9 Å². The van der Waals surface area contributed by atoms with Crippen LogP contribution in [0.2, 0.25) is 0 Å². The highest BCUT2D eigenvalue weighted by atomic mass is 16.5. The lowest BCUT2D eigenvalue weighted by Gasteiger charge is -2.17. The van der Waals surface area contributed by atoms with Gasteiger partial charge in [-0.25, -0.2) is 10.2 Å². The number of carbonyl (C=O) groups is 3. The molecule has 0 fully saturated rings. The zero-order valence-electron chi connectivity index (χ0n) is 19.4. The Labute approximate surface area is 189 Å². The summed E-state index contributed by atoms with van der Waals surface area (Å²) >= 11 is 0. The Hall–Kier alpha value is -3.17. The minimum absolute atomic E-state index is 0.215. The molecule has 10 heteroatoms. The van der Waals surface area contributed by atoms with Gasteiger partial charge in [0.25, 0.3) is 5.91 Å². The van der Waals surface area contributed by atoms with Gasteiger partial charge in [-0.1, -0.05) is 12.8 Å². The Kier molecular flexibility index (Phi) is 13.1. The summed E-state index contributed by atoms with van der Waals surface area (Å²) in [4.78, 5) is 35.4. The number of nitrogens with one attached hydrogen (secondary N) is 3. The number of methoxy groups -OCH3 is 1. The fourth-order valence-corrected chi connectivity index (χ4v) is 2.80. The monoisotopic (exact) mass is 453 g/mol. The molecule has 0 aliphatic heterocycles. The van der Waals surface area contributed by atoms with Crippen molar-refractivity contribution in [1.29, 1.82) is 0 Å². The number of unbranched alkanes of at least 4 members (excludes halogenated alkanes) is 3. The smallest absolute Gasteiger partial charge is 0.333 e. The minimum atomic E-state index is -0.520. The number of hydrazine groups is 1. The molecule has 0 spiro atoms. The highest BCUT2D eigenvalue weighted by molar-refractivity contribution is 5.96. The molecule has 0 radical (unpaired) electrons. The van der Waals surface area contributed by atoms with E-state index >= 15 is 0 Å². The third kappa shape index (κ3) is 9.76. The van der Waals surface area contributed by atoms with Gasteiger partial charge in [-0.3, -0.25) is 15.0 Å². The maximum atomic E-state index is 12.5. The third-order valence-electron chi connectivity index (χ3n) is 4.28. The number of amides is 3. The first kappa shape index (κ1) is 26.9. The Morgan fingerprint density at radius 3 is 1.97 bits per heavy atom. The lowest BCUT2D eigenvalue weighted by molar-refractivity contribution is -0.140. The number of urea groups is 1. The summed E-state index contributed by atoms with van der Waals surface area (Å²) < 4.78 is 21.4. The summed E-state index contributed by atoms with van der Waals surface area (Å²) in [5.74, 6) is 0.481. The number of hydrogen-bond acceptors (Lipinski definition) is 7. The van der Waals surface area contributed by atoms with Crippen LogP contribution in [0.3, 0.4) is 0 Å². The highest BCUT2D eigenvalue weighted by Gasteiger charge is 2.18. The molecule has 10 nitrogen and oxygen atoms in total. The van der Waals surface area contributed by atoms with Gasteiger partial charge in [-0.2, -0.15) is 0 Å². The predicted molar refractivity (Wildman–Crippen MR) is 119 cm³/mol. The molecule has 0 saturated heterocycles. The van der Waals surface area contributed by atoms with Crippen molar-refractivity contribution in [1.82, 2.24) is 16.2 Å². The number of esters is 1. The van der Waals surface area contributed by atoms with E-state index in [9.17, 15) is 14.4 Å². The summed E-state index contributed by atoms with van der Waals surface area (Å²) in [5.41, 5.74) is 4.95. The fourth-order valence-electron chi connectivity index (χ4n) is 2.80. The van der Waals surface area contributed by atoms with Crippen molar-refractivity contribution in [3.8, 4) is 17.2 Å². The molecule has 0 bridgehead atoms. The first-order valence-electron chi connectivity index (χ1n) is 10.9. The molecule has 0 unspecified atom stereocenters. The van der Waals surface area contributed by atoms with Crippen LogP contribution in [-0.2, 0) is 9.53 Å². The predicted octanol–water partition coefficient (Wildman–Crippen LogP) is 2.95. The average Bonchev–Trinajstić information content (AvgIpc) is 2.78. The maximum Gasteiger partial charge on any atom is 0.333 e. The van der Waals surface area contributed by atoms with Crippen LogP contribution in [0.25, 0.3) is 0 Å². The van der Waals surface area contributed by atoms with Gasteiger partial charge >= 0.3 is 12.0 Å². The molecule has 0 aliphatic rings. The van der Waals surface area contributed by atoms with Gasteiger partial charge in [0.1, 0.15) is 0 Å². The summed E-state index contributed by atoms with van der Waals surface area (Å²) in [7, 11) is 1.37. The number of rotatable bonds is 14. The van der Waals surface area contributed by atoms with Crippen LogP contribution in [0.1, 0.15) is 63.2 Å². The molecule has 0 aliphatic carbocycles. The quantitative estimate of drug-likeness (QED) is 0.225. The second-order valence-corrected chi connectivity index (χ2v) is 6.68.